The van der Waals surface area contributed by atoms with E-state index in [0.717, 1.165) is 5.69 Å². The summed E-state index contributed by atoms with van der Waals surface area (Å²) in [6.07, 6.45) is 2.82. The molecule has 34 heavy (non-hydrogen) atoms. The molecule has 4 aromatic heterocycles. The number of nitrogens with zero attached hydrogens (tertiary/aromatic N) is 4. The van der Waals surface area contributed by atoms with Gasteiger partial charge in [-0.3, -0.25) is 9.59 Å². The molecule has 1 amide bonds. The molecule has 4 heterocycles. The van der Waals surface area contributed by atoms with E-state index in [1.807, 2.05) is 6.92 Å². The van der Waals surface area contributed by atoms with Crippen molar-refractivity contribution in [2.45, 2.75) is 27.3 Å². The Labute approximate surface area is 193 Å². The first-order valence-electron chi connectivity index (χ1n) is 10.3. The largest absolute Gasteiger partial charge is 0.467 e. The lowest BCUT2D eigenvalue weighted by Crippen LogP contribution is -2.24. The molecule has 0 atom stereocenters. The van der Waals surface area contributed by atoms with E-state index in [1.165, 1.54) is 31.1 Å². The summed E-state index contributed by atoms with van der Waals surface area (Å²) >= 11 is 0. The average Bonchev–Trinajstić information content (AvgIpc) is 3.49. The van der Waals surface area contributed by atoms with E-state index >= 15 is 0 Å². The normalized spacial score (nSPS) is 10.9. The van der Waals surface area contributed by atoms with Gasteiger partial charge in [-0.2, -0.15) is 5.26 Å². The Hall–Kier alpha value is -4.59. The number of furan rings is 2. The Morgan fingerprint density at radius 3 is 2.74 bits per heavy atom. The first kappa shape index (κ1) is 22.6. The van der Waals surface area contributed by atoms with E-state index in [0.29, 0.717) is 23.4 Å². The fourth-order valence-electron chi connectivity index (χ4n) is 3.69. The van der Waals surface area contributed by atoms with Gasteiger partial charge in [0, 0.05) is 12.7 Å². The van der Waals surface area contributed by atoms with Crippen molar-refractivity contribution in [3.05, 3.63) is 69.0 Å². The summed E-state index contributed by atoms with van der Waals surface area (Å²) in [6.45, 7) is 4.78. The predicted molar refractivity (Wildman–Crippen MR) is 119 cm³/mol. The zero-order chi connectivity index (χ0) is 24.6. The van der Waals surface area contributed by atoms with E-state index in [9.17, 15) is 19.6 Å². The lowest BCUT2D eigenvalue weighted by molar-refractivity contribution is -0.119. The highest BCUT2D eigenvalue weighted by molar-refractivity contribution is 6.04. The van der Waals surface area contributed by atoms with Gasteiger partial charge >= 0.3 is 5.97 Å². The van der Waals surface area contributed by atoms with Crippen LogP contribution in [-0.4, -0.2) is 32.6 Å². The fourth-order valence-corrected chi connectivity index (χ4v) is 3.69. The van der Waals surface area contributed by atoms with E-state index in [-0.39, 0.29) is 28.2 Å². The molecule has 174 valence electrons. The molecule has 0 aliphatic carbocycles. The molecular weight excluding hydrogens is 442 g/mol. The Balaban J connectivity index is 1.55. The van der Waals surface area contributed by atoms with Crippen LogP contribution in [0, 0.1) is 32.1 Å². The van der Waals surface area contributed by atoms with Crippen molar-refractivity contribution >= 4 is 28.8 Å². The Morgan fingerprint density at radius 2 is 2.06 bits per heavy atom. The predicted octanol–water partition coefficient (Wildman–Crippen LogP) is 2.56. The maximum atomic E-state index is 12.7. The van der Waals surface area contributed by atoms with Crippen LogP contribution in [0.1, 0.15) is 38.7 Å². The summed E-state index contributed by atoms with van der Waals surface area (Å²) in [4.78, 5) is 41.8. The number of carbonyl (C=O) groups is 2. The highest BCUT2D eigenvalue weighted by Crippen LogP contribution is 2.27. The second kappa shape index (κ2) is 8.74. The maximum Gasteiger partial charge on any atom is 0.343 e. The van der Waals surface area contributed by atoms with Crippen LogP contribution in [0.25, 0.3) is 11.1 Å². The monoisotopic (exact) mass is 463 g/mol. The van der Waals surface area contributed by atoms with Crippen LogP contribution < -0.4 is 10.9 Å². The van der Waals surface area contributed by atoms with Crippen molar-refractivity contribution in [3.63, 3.8) is 0 Å². The highest BCUT2D eigenvalue weighted by atomic mass is 16.5. The zero-order valence-electron chi connectivity index (χ0n) is 19.0. The molecule has 0 aliphatic heterocycles. The molecule has 0 bridgehead atoms. The number of fused-ring (bicyclic) bond motifs is 1. The first-order chi connectivity index (χ1) is 16.2. The average molecular weight is 463 g/mol. The Kier molecular flexibility index (Phi) is 5.81. The van der Waals surface area contributed by atoms with Crippen LogP contribution in [0.15, 0.2) is 38.4 Å². The zero-order valence-corrected chi connectivity index (χ0v) is 19.0. The topological polar surface area (TPSA) is 145 Å². The summed E-state index contributed by atoms with van der Waals surface area (Å²) in [7, 11) is 1.49. The number of hydrogen-bond acceptors (Lipinski definition) is 8. The molecular formula is C23H21N5O6. The molecule has 0 spiro atoms. The minimum absolute atomic E-state index is 0.0115. The lowest BCUT2D eigenvalue weighted by Gasteiger charge is -2.12. The maximum absolute atomic E-state index is 12.7. The molecule has 0 aromatic carbocycles. The minimum Gasteiger partial charge on any atom is -0.467 e. The van der Waals surface area contributed by atoms with Gasteiger partial charge in [0.2, 0.25) is 5.71 Å². The number of rotatable bonds is 6. The SMILES string of the molecule is Cc1oc2ncn(C)c(=O)c2c1C(=O)OCC(=O)Nc1c(C#N)c(C)c(C)n1Cc1ccco1. The van der Waals surface area contributed by atoms with Crippen molar-refractivity contribution in [2.75, 3.05) is 11.9 Å². The first-order valence-corrected chi connectivity index (χ1v) is 10.3. The van der Waals surface area contributed by atoms with Gasteiger partial charge in [-0.1, -0.05) is 0 Å². The molecule has 0 saturated carbocycles. The van der Waals surface area contributed by atoms with Crippen LogP contribution in [0.4, 0.5) is 5.82 Å². The quantitative estimate of drug-likeness (QED) is 0.429. The number of carbonyl (C=O) groups excluding carboxylic acids is 2. The van der Waals surface area contributed by atoms with Crippen LogP contribution in [0.3, 0.4) is 0 Å². The third kappa shape index (κ3) is 3.86. The van der Waals surface area contributed by atoms with E-state index in [1.54, 1.807) is 23.6 Å². The Bertz CT molecular complexity index is 1510. The number of esters is 1. The molecule has 11 nitrogen and oxygen atoms in total. The van der Waals surface area contributed by atoms with Gasteiger partial charge in [0.1, 0.15) is 40.7 Å². The summed E-state index contributed by atoms with van der Waals surface area (Å²) in [6, 6.07) is 5.63. The van der Waals surface area contributed by atoms with E-state index in [2.05, 4.69) is 16.4 Å². The van der Waals surface area contributed by atoms with E-state index in [4.69, 9.17) is 13.6 Å². The van der Waals surface area contributed by atoms with Gasteiger partial charge in [0.25, 0.3) is 11.5 Å². The second-order valence-corrected chi connectivity index (χ2v) is 7.71. The highest BCUT2D eigenvalue weighted by Gasteiger charge is 2.25. The van der Waals surface area contributed by atoms with Crippen LogP contribution in [0.5, 0.6) is 0 Å². The number of amides is 1. The summed E-state index contributed by atoms with van der Waals surface area (Å²) in [5.41, 5.74) is 1.25. The summed E-state index contributed by atoms with van der Waals surface area (Å²) in [5, 5.41) is 12.3. The molecule has 0 fully saturated rings. The van der Waals surface area contributed by atoms with Crippen LogP contribution >= 0.6 is 0 Å². The smallest absolute Gasteiger partial charge is 0.343 e. The standard InChI is InChI=1S/C23H21N5O6/c1-12-13(2)28(9-15-6-5-7-32-15)20(16(12)8-24)26-17(29)10-33-23(31)18-14(3)34-21-19(18)22(30)27(4)11-25-21/h5-7,11H,9-10H2,1-4H3,(H,26,29). The summed E-state index contributed by atoms with van der Waals surface area (Å²) in [5.74, 6) is -0.476. The van der Waals surface area contributed by atoms with Gasteiger partial charge in [-0.05, 0) is 38.5 Å². The van der Waals surface area contributed by atoms with E-state index < -0.39 is 24.0 Å². The van der Waals surface area contributed by atoms with Crippen molar-refractivity contribution in [1.29, 1.82) is 5.26 Å². The van der Waals surface area contributed by atoms with Gasteiger partial charge in [0.05, 0.1) is 18.4 Å². The number of anilines is 1. The number of ether oxygens (including phenoxy) is 1. The third-order valence-corrected chi connectivity index (χ3v) is 5.58. The summed E-state index contributed by atoms with van der Waals surface area (Å²) < 4.78 is 18.9. The Morgan fingerprint density at radius 1 is 1.29 bits per heavy atom. The molecule has 1 N–H and O–H groups in total. The fraction of sp³-hybridized carbons (Fsp3) is 0.261. The third-order valence-electron chi connectivity index (χ3n) is 5.58. The number of hydrogen-bond donors (Lipinski definition) is 1. The van der Waals surface area contributed by atoms with Gasteiger partial charge in [-0.15, -0.1) is 0 Å². The number of nitrogens with one attached hydrogen (secondary N) is 1. The second-order valence-electron chi connectivity index (χ2n) is 7.71. The molecule has 0 unspecified atom stereocenters. The molecule has 4 aromatic rings. The van der Waals surface area contributed by atoms with Crippen molar-refractivity contribution < 1.29 is 23.2 Å². The van der Waals surface area contributed by atoms with Crippen molar-refractivity contribution in [2.24, 2.45) is 7.05 Å². The lowest BCUT2D eigenvalue weighted by atomic mass is 10.2. The van der Waals surface area contributed by atoms with Gasteiger partial charge in [-0.25, -0.2) is 9.78 Å². The number of nitriles is 1. The molecule has 11 heteroatoms. The minimum atomic E-state index is -0.893. The molecule has 4 rings (SSSR count). The van der Waals surface area contributed by atoms with Gasteiger partial charge in [0.15, 0.2) is 6.61 Å². The van der Waals surface area contributed by atoms with Gasteiger partial charge < -0.3 is 28.0 Å². The van der Waals surface area contributed by atoms with Crippen molar-refractivity contribution in [3.8, 4) is 6.07 Å². The van der Waals surface area contributed by atoms with Crippen molar-refractivity contribution in [1.82, 2.24) is 14.1 Å². The molecule has 0 radical (unpaired) electrons. The van der Waals surface area contributed by atoms with Crippen LogP contribution in [0.2, 0.25) is 0 Å². The van der Waals surface area contributed by atoms with Crippen LogP contribution in [-0.2, 0) is 23.1 Å². The molecule has 0 aliphatic rings. The number of aromatic nitrogens is 3. The number of aryl methyl sites for hydroxylation is 2. The molecule has 0 saturated heterocycles.